The molecule has 0 spiro atoms. The molecule has 4 nitrogen and oxygen atoms in total. The molecule has 0 heterocycles. The number of carbonyl (C=O) groups is 1. The van der Waals surface area contributed by atoms with Gasteiger partial charge >= 0.3 is 0 Å². The minimum atomic E-state index is -0.0985. The van der Waals surface area contributed by atoms with Crippen molar-refractivity contribution in [2.24, 2.45) is 0 Å². The summed E-state index contributed by atoms with van der Waals surface area (Å²) in [5, 5.41) is 8.62. The van der Waals surface area contributed by atoms with E-state index in [1.54, 1.807) is 4.90 Å². The van der Waals surface area contributed by atoms with Gasteiger partial charge in [-0.1, -0.05) is 47.5 Å². The smallest absolute Gasteiger partial charge is 0.255 e. The number of carbonyl (C=O) groups excluding carboxylic acids is 1. The highest BCUT2D eigenvalue weighted by Crippen LogP contribution is 2.14. The number of amides is 1. The van der Waals surface area contributed by atoms with Crippen LogP contribution in [0.3, 0.4) is 0 Å². The molecule has 0 bridgehead atoms. The maximum atomic E-state index is 12.8. The number of benzene rings is 2. The first-order valence-electron chi connectivity index (χ1n) is 7.46. The third kappa shape index (κ3) is 4.94. The van der Waals surface area contributed by atoms with Crippen molar-refractivity contribution in [2.75, 3.05) is 13.3 Å². The van der Waals surface area contributed by atoms with E-state index in [9.17, 15) is 4.79 Å². The molecule has 118 valence electrons. The summed E-state index contributed by atoms with van der Waals surface area (Å²) in [5.41, 5.74) is 3.75. The molecule has 0 unspecified atom stereocenters. The van der Waals surface area contributed by atoms with Crippen LogP contribution in [0, 0.1) is 25.2 Å². The molecule has 0 saturated heterocycles. The summed E-state index contributed by atoms with van der Waals surface area (Å²) in [4.78, 5) is 14.4. The van der Waals surface area contributed by atoms with Crippen LogP contribution in [0.5, 0.6) is 0 Å². The summed E-state index contributed by atoms with van der Waals surface area (Å²) in [5.74, 6) is -0.0985. The predicted octanol–water partition coefficient (Wildman–Crippen LogP) is 3.44. The Morgan fingerprint density at radius 2 is 1.78 bits per heavy atom. The van der Waals surface area contributed by atoms with Gasteiger partial charge in [0, 0.05) is 12.1 Å². The van der Waals surface area contributed by atoms with Gasteiger partial charge in [0.2, 0.25) is 0 Å². The fourth-order valence-corrected chi connectivity index (χ4v) is 2.46. The van der Waals surface area contributed by atoms with E-state index in [4.69, 9.17) is 10.00 Å². The standard InChI is InChI=1S/C19H20N2O2/c1-15-10-16(2)12-18(11-15)19(22)21(14-23-9-8-20)13-17-6-4-3-5-7-17/h3-7,10-12H,9,13-14H2,1-2H3. The maximum Gasteiger partial charge on any atom is 0.255 e. The van der Waals surface area contributed by atoms with Crippen LogP contribution < -0.4 is 0 Å². The van der Waals surface area contributed by atoms with E-state index >= 15 is 0 Å². The second kappa shape index (κ2) is 8.11. The third-order valence-electron chi connectivity index (χ3n) is 3.39. The maximum absolute atomic E-state index is 12.8. The molecule has 0 saturated carbocycles. The van der Waals surface area contributed by atoms with Crippen molar-refractivity contribution in [3.8, 4) is 6.07 Å². The second-order valence-electron chi connectivity index (χ2n) is 5.50. The number of hydrogen-bond donors (Lipinski definition) is 0. The van der Waals surface area contributed by atoms with Crippen LogP contribution in [-0.2, 0) is 11.3 Å². The van der Waals surface area contributed by atoms with Crippen molar-refractivity contribution >= 4 is 5.91 Å². The van der Waals surface area contributed by atoms with Crippen molar-refractivity contribution in [3.63, 3.8) is 0 Å². The summed E-state index contributed by atoms with van der Waals surface area (Å²) in [6, 6.07) is 17.4. The van der Waals surface area contributed by atoms with Gasteiger partial charge in [0.25, 0.3) is 5.91 Å². The second-order valence-corrected chi connectivity index (χ2v) is 5.50. The Balaban J connectivity index is 2.21. The fraction of sp³-hybridized carbons (Fsp3) is 0.263. The Hall–Kier alpha value is -2.64. The SMILES string of the molecule is Cc1cc(C)cc(C(=O)N(COCC#N)Cc2ccccc2)c1. The predicted molar refractivity (Wildman–Crippen MR) is 88.7 cm³/mol. The highest BCUT2D eigenvalue weighted by Gasteiger charge is 2.17. The molecule has 0 fully saturated rings. The molecule has 0 aliphatic rings. The van der Waals surface area contributed by atoms with E-state index in [1.165, 1.54) is 0 Å². The summed E-state index contributed by atoms with van der Waals surface area (Å²) in [6.45, 7) is 4.44. The lowest BCUT2D eigenvalue weighted by Crippen LogP contribution is -2.33. The van der Waals surface area contributed by atoms with E-state index in [0.717, 1.165) is 16.7 Å². The van der Waals surface area contributed by atoms with Crippen molar-refractivity contribution in [1.82, 2.24) is 4.90 Å². The van der Waals surface area contributed by atoms with E-state index in [0.29, 0.717) is 12.1 Å². The topological polar surface area (TPSA) is 53.3 Å². The first-order valence-corrected chi connectivity index (χ1v) is 7.46. The summed E-state index contributed by atoms with van der Waals surface area (Å²) in [6.07, 6.45) is 0. The zero-order chi connectivity index (χ0) is 16.7. The summed E-state index contributed by atoms with van der Waals surface area (Å²) < 4.78 is 5.26. The first kappa shape index (κ1) is 16.7. The van der Waals surface area contributed by atoms with Crippen molar-refractivity contribution < 1.29 is 9.53 Å². The molecule has 0 radical (unpaired) electrons. The van der Waals surface area contributed by atoms with Crippen molar-refractivity contribution in [3.05, 3.63) is 70.8 Å². The normalized spacial score (nSPS) is 10.1. The van der Waals surface area contributed by atoms with Gasteiger partial charge in [-0.15, -0.1) is 0 Å². The van der Waals surface area contributed by atoms with E-state index < -0.39 is 0 Å². The average Bonchev–Trinajstić information content (AvgIpc) is 2.53. The molecule has 4 heteroatoms. The summed E-state index contributed by atoms with van der Waals surface area (Å²) >= 11 is 0. The van der Waals surface area contributed by atoms with E-state index in [2.05, 4.69) is 0 Å². The van der Waals surface area contributed by atoms with E-state index in [-0.39, 0.29) is 19.2 Å². The minimum absolute atomic E-state index is 0.0363. The quantitative estimate of drug-likeness (QED) is 0.607. The molecule has 1 amide bonds. The van der Waals surface area contributed by atoms with Crippen molar-refractivity contribution in [1.29, 1.82) is 5.26 Å². The number of hydrogen-bond acceptors (Lipinski definition) is 3. The van der Waals surface area contributed by atoms with Gasteiger partial charge in [0.1, 0.15) is 13.3 Å². The largest absolute Gasteiger partial charge is 0.346 e. The first-order chi connectivity index (χ1) is 11.1. The average molecular weight is 308 g/mol. The Labute approximate surface area is 136 Å². The molecular weight excluding hydrogens is 288 g/mol. The Kier molecular flexibility index (Phi) is 5.90. The summed E-state index contributed by atoms with van der Waals surface area (Å²) in [7, 11) is 0. The minimum Gasteiger partial charge on any atom is -0.346 e. The van der Waals surface area contributed by atoms with Crippen LogP contribution >= 0.6 is 0 Å². The molecule has 23 heavy (non-hydrogen) atoms. The number of nitrogens with zero attached hydrogens (tertiary/aromatic N) is 2. The molecule has 2 aromatic carbocycles. The number of ether oxygens (including phenoxy) is 1. The van der Waals surface area contributed by atoms with Crippen LogP contribution in [-0.4, -0.2) is 24.1 Å². The van der Waals surface area contributed by atoms with Crippen LogP contribution in [0.2, 0.25) is 0 Å². The van der Waals surface area contributed by atoms with Gasteiger partial charge in [-0.25, -0.2) is 0 Å². The van der Waals surface area contributed by atoms with Gasteiger partial charge < -0.3 is 9.64 Å². The molecule has 2 rings (SSSR count). The molecule has 0 atom stereocenters. The highest BCUT2D eigenvalue weighted by molar-refractivity contribution is 5.94. The van der Waals surface area contributed by atoms with Crippen LogP contribution in [0.25, 0.3) is 0 Å². The lowest BCUT2D eigenvalue weighted by Gasteiger charge is -2.22. The zero-order valence-corrected chi connectivity index (χ0v) is 13.5. The lowest BCUT2D eigenvalue weighted by molar-refractivity contribution is 0.0307. The number of rotatable bonds is 6. The molecule has 0 N–H and O–H groups in total. The Morgan fingerprint density at radius 1 is 1.13 bits per heavy atom. The third-order valence-corrected chi connectivity index (χ3v) is 3.39. The van der Waals surface area contributed by atoms with Gasteiger partial charge in [0.15, 0.2) is 0 Å². The van der Waals surface area contributed by atoms with Crippen molar-refractivity contribution in [2.45, 2.75) is 20.4 Å². The van der Waals surface area contributed by atoms with Crippen LogP contribution in [0.15, 0.2) is 48.5 Å². The van der Waals surface area contributed by atoms with Crippen LogP contribution in [0.1, 0.15) is 27.0 Å². The van der Waals surface area contributed by atoms with Gasteiger partial charge in [-0.3, -0.25) is 4.79 Å². The van der Waals surface area contributed by atoms with Crippen LogP contribution in [0.4, 0.5) is 0 Å². The lowest BCUT2D eigenvalue weighted by atomic mass is 10.1. The van der Waals surface area contributed by atoms with E-state index in [1.807, 2.05) is 68.4 Å². The Morgan fingerprint density at radius 3 is 2.39 bits per heavy atom. The number of nitriles is 1. The van der Waals surface area contributed by atoms with Gasteiger partial charge in [-0.2, -0.15) is 5.26 Å². The molecule has 0 aromatic heterocycles. The number of aryl methyl sites for hydroxylation is 2. The molecule has 0 aliphatic heterocycles. The monoisotopic (exact) mass is 308 g/mol. The fourth-order valence-electron chi connectivity index (χ4n) is 2.46. The molecule has 0 aliphatic carbocycles. The highest BCUT2D eigenvalue weighted by atomic mass is 16.5. The Bertz CT molecular complexity index is 685. The van der Waals surface area contributed by atoms with Gasteiger partial charge in [-0.05, 0) is 31.5 Å². The zero-order valence-electron chi connectivity index (χ0n) is 13.5. The molecule has 2 aromatic rings. The molecular formula is C19H20N2O2. The van der Waals surface area contributed by atoms with Gasteiger partial charge in [0.05, 0.1) is 6.07 Å².